The van der Waals surface area contributed by atoms with E-state index in [1.54, 1.807) is 11.3 Å². The first-order chi connectivity index (χ1) is 9.69. The van der Waals surface area contributed by atoms with Crippen molar-refractivity contribution >= 4 is 11.3 Å². The summed E-state index contributed by atoms with van der Waals surface area (Å²) in [6.07, 6.45) is 4.04. The van der Waals surface area contributed by atoms with Gasteiger partial charge in [0.05, 0.1) is 4.88 Å². The molecule has 110 valence electrons. The molecular formula is C17H25NOS. The number of likely N-dealkylation sites (tertiary alicyclic amines) is 1. The van der Waals surface area contributed by atoms with Crippen LogP contribution < -0.4 is 0 Å². The molecule has 0 saturated carbocycles. The van der Waals surface area contributed by atoms with Gasteiger partial charge < -0.3 is 5.11 Å². The largest absolute Gasteiger partial charge is 0.384 e. The van der Waals surface area contributed by atoms with E-state index in [1.165, 1.54) is 37.2 Å². The molecule has 1 atom stereocenters. The van der Waals surface area contributed by atoms with E-state index in [9.17, 15) is 0 Å². The summed E-state index contributed by atoms with van der Waals surface area (Å²) in [5.74, 6) is 7.41. The van der Waals surface area contributed by atoms with Gasteiger partial charge >= 0.3 is 0 Å². The van der Waals surface area contributed by atoms with E-state index in [0.717, 1.165) is 23.3 Å². The van der Waals surface area contributed by atoms with Crippen LogP contribution in [0.5, 0.6) is 0 Å². The minimum absolute atomic E-state index is 0.0596. The minimum atomic E-state index is -0.0596. The van der Waals surface area contributed by atoms with Gasteiger partial charge in [-0.05, 0) is 56.3 Å². The zero-order valence-electron chi connectivity index (χ0n) is 12.6. The summed E-state index contributed by atoms with van der Waals surface area (Å²) in [5.41, 5.74) is 0. The topological polar surface area (TPSA) is 23.5 Å². The number of rotatable bonds is 3. The smallest absolute Gasteiger partial charge is 0.104 e. The molecule has 0 aromatic carbocycles. The van der Waals surface area contributed by atoms with Gasteiger partial charge in [-0.15, -0.1) is 11.3 Å². The number of thiophene rings is 1. The third-order valence-corrected chi connectivity index (χ3v) is 5.13. The standard InChI is InChI=1S/C17H25NOS/c1-14(2)15-5-3-10-18(11-9-15)13-17-8-7-16(20-17)6-4-12-19/h7-8,14-15,19H,3,5,9-13H2,1-2H3. The second-order valence-corrected chi connectivity index (χ2v) is 7.11. The van der Waals surface area contributed by atoms with Gasteiger partial charge in [-0.25, -0.2) is 0 Å². The Bertz CT molecular complexity index is 469. The van der Waals surface area contributed by atoms with Crippen LogP contribution >= 0.6 is 11.3 Å². The summed E-state index contributed by atoms with van der Waals surface area (Å²) in [7, 11) is 0. The normalized spacial score (nSPS) is 20.5. The van der Waals surface area contributed by atoms with Crippen LogP contribution in [-0.2, 0) is 6.54 Å². The average molecular weight is 291 g/mol. The van der Waals surface area contributed by atoms with Gasteiger partial charge in [-0.1, -0.05) is 25.7 Å². The fraction of sp³-hybridized carbons (Fsp3) is 0.647. The van der Waals surface area contributed by atoms with Gasteiger partial charge in [0.1, 0.15) is 6.61 Å². The predicted octanol–water partition coefficient (Wildman–Crippen LogP) is 3.35. The second kappa shape index (κ2) is 7.83. The summed E-state index contributed by atoms with van der Waals surface area (Å²) in [4.78, 5) is 5.02. The summed E-state index contributed by atoms with van der Waals surface area (Å²) < 4.78 is 0. The highest BCUT2D eigenvalue weighted by atomic mass is 32.1. The van der Waals surface area contributed by atoms with Crippen LogP contribution in [-0.4, -0.2) is 29.7 Å². The fourth-order valence-electron chi connectivity index (χ4n) is 2.88. The third-order valence-electron chi connectivity index (χ3n) is 4.14. The van der Waals surface area contributed by atoms with Gasteiger partial charge in [0.2, 0.25) is 0 Å². The molecule has 1 N–H and O–H groups in total. The van der Waals surface area contributed by atoms with Crippen LogP contribution in [0, 0.1) is 23.7 Å². The summed E-state index contributed by atoms with van der Waals surface area (Å²) in [5, 5.41) is 8.72. The lowest BCUT2D eigenvalue weighted by atomic mass is 9.89. The first-order valence-corrected chi connectivity index (χ1v) is 8.41. The number of hydrogen-bond donors (Lipinski definition) is 1. The highest BCUT2D eigenvalue weighted by Crippen LogP contribution is 2.26. The molecule has 0 spiro atoms. The molecule has 2 heterocycles. The van der Waals surface area contributed by atoms with Crippen molar-refractivity contribution in [3.05, 3.63) is 21.9 Å². The number of hydrogen-bond acceptors (Lipinski definition) is 3. The van der Waals surface area contributed by atoms with Gasteiger partial charge in [-0.3, -0.25) is 4.90 Å². The maximum atomic E-state index is 8.72. The van der Waals surface area contributed by atoms with E-state index in [-0.39, 0.29) is 6.61 Å². The SMILES string of the molecule is CC(C)C1CCCN(Cc2ccc(C#CCO)s2)CC1. The van der Waals surface area contributed by atoms with Crippen molar-refractivity contribution in [1.82, 2.24) is 4.90 Å². The quantitative estimate of drug-likeness (QED) is 0.863. The molecule has 2 rings (SSSR count). The molecule has 1 saturated heterocycles. The van der Waals surface area contributed by atoms with Crippen LogP contribution in [0.2, 0.25) is 0 Å². The van der Waals surface area contributed by atoms with Crippen molar-refractivity contribution in [3.8, 4) is 11.8 Å². The van der Waals surface area contributed by atoms with Gasteiger partial charge in [0.15, 0.2) is 0 Å². The molecule has 2 nitrogen and oxygen atoms in total. The van der Waals surface area contributed by atoms with Crippen molar-refractivity contribution in [1.29, 1.82) is 0 Å². The molecule has 0 bridgehead atoms. The molecule has 1 fully saturated rings. The van der Waals surface area contributed by atoms with Crippen molar-refractivity contribution < 1.29 is 5.11 Å². The molecule has 20 heavy (non-hydrogen) atoms. The number of nitrogens with zero attached hydrogens (tertiary/aromatic N) is 1. The van der Waals surface area contributed by atoms with Gasteiger partial charge in [0.25, 0.3) is 0 Å². The molecule has 0 radical (unpaired) electrons. The maximum Gasteiger partial charge on any atom is 0.104 e. The third kappa shape index (κ3) is 4.63. The maximum absolute atomic E-state index is 8.72. The Balaban J connectivity index is 1.88. The lowest BCUT2D eigenvalue weighted by molar-refractivity contribution is 0.267. The van der Waals surface area contributed by atoms with E-state index >= 15 is 0 Å². The zero-order valence-corrected chi connectivity index (χ0v) is 13.4. The molecular weight excluding hydrogens is 266 g/mol. The summed E-state index contributed by atoms with van der Waals surface area (Å²) in [6.45, 7) is 8.14. The molecule has 1 aromatic rings. The van der Waals surface area contributed by atoms with Crippen molar-refractivity contribution in [2.45, 2.75) is 39.7 Å². The van der Waals surface area contributed by atoms with Crippen molar-refractivity contribution in [3.63, 3.8) is 0 Å². The Kier molecular flexibility index (Phi) is 6.09. The Hall–Kier alpha value is -0.820. The zero-order chi connectivity index (χ0) is 14.4. The minimum Gasteiger partial charge on any atom is -0.384 e. The van der Waals surface area contributed by atoms with Gasteiger partial charge in [0, 0.05) is 11.4 Å². The Morgan fingerprint density at radius 3 is 2.95 bits per heavy atom. The highest BCUT2D eigenvalue weighted by molar-refractivity contribution is 7.12. The van der Waals surface area contributed by atoms with Crippen molar-refractivity contribution in [2.24, 2.45) is 11.8 Å². The lowest BCUT2D eigenvalue weighted by Gasteiger charge is -2.20. The van der Waals surface area contributed by atoms with E-state index in [2.05, 4.69) is 42.7 Å². The Morgan fingerprint density at radius 2 is 2.20 bits per heavy atom. The lowest BCUT2D eigenvalue weighted by Crippen LogP contribution is -2.24. The molecule has 1 unspecified atom stereocenters. The average Bonchev–Trinajstić information content (AvgIpc) is 2.72. The van der Waals surface area contributed by atoms with Crippen LogP contribution in [0.3, 0.4) is 0 Å². The first-order valence-electron chi connectivity index (χ1n) is 7.60. The second-order valence-electron chi connectivity index (χ2n) is 5.94. The number of aliphatic hydroxyl groups excluding tert-OH is 1. The molecule has 1 aromatic heterocycles. The van der Waals surface area contributed by atoms with Crippen LogP contribution in [0.15, 0.2) is 12.1 Å². The van der Waals surface area contributed by atoms with Crippen molar-refractivity contribution in [2.75, 3.05) is 19.7 Å². The monoisotopic (exact) mass is 291 g/mol. The van der Waals surface area contributed by atoms with Crippen LogP contribution in [0.4, 0.5) is 0 Å². The van der Waals surface area contributed by atoms with Crippen LogP contribution in [0.25, 0.3) is 0 Å². The van der Waals surface area contributed by atoms with Gasteiger partial charge in [-0.2, -0.15) is 0 Å². The molecule has 3 heteroatoms. The van der Waals surface area contributed by atoms with E-state index in [1.807, 2.05) is 0 Å². The molecule has 0 aliphatic carbocycles. The molecule has 0 amide bonds. The summed E-state index contributed by atoms with van der Waals surface area (Å²) in [6, 6.07) is 4.24. The molecule has 1 aliphatic rings. The highest BCUT2D eigenvalue weighted by Gasteiger charge is 2.19. The van der Waals surface area contributed by atoms with E-state index < -0.39 is 0 Å². The number of aliphatic hydroxyl groups is 1. The van der Waals surface area contributed by atoms with E-state index in [0.29, 0.717) is 0 Å². The fourth-order valence-corrected chi connectivity index (χ4v) is 3.81. The Morgan fingerprint density at radius 1 is 1.35 bits per heavy atom. The van der Waals surface area contributed by atoms with Crippen LogP contribution in [0.1, 0.15) is 42.9 Å². The Labute approximate surface area is 126 Å². The summed E-state index contributed by atoms with van der Waals surface area (Å²) >= 11 is 1.75. The molecule has 1 aliphatic heterocycles. The predicted molar refractivity (Wildman–Crippen MR) is 85.7 cm³/mol. The van der Waals surface area contributed by atoms with E-state index in [4.69, 9.17) is 5.11 Å². The first kappa shape index (κ1) is 15.6.